The van der Waals surface area contributed by atoms with Gasteiger partial charge in [-0.3, -0.25) is 0 Å². The highest BCUT2D eigenvalue weighted by Gasteiger charge is 2.08. The third-order valence-electron chi connectivity index (χ3n) is 6.04. The lowest BCUT2D eigenvalue weighted by Crippen LogP contribution is -1.95. The van der Waals surface area contributed by atoms with Crippen LogP contribution in [0.5, 0.6) is 0 Å². The van der Waals surface area contributed by atoms with E-state index in [0.29, 0.717) is 0 Å². The van der Waals surface area contributed by atoms with Gasteiger partial charge in [0.2, 0.25) is 0 Å². The summed E-state index contributed by atoms with van der Waals surface area (Å²) in [7, 11) is 0. The second-order valence-corrected chi connectivity index (χ2v) is 8.01. The van der Waals surface area contributed by atoms with Crippen LogP contribution in [-0.4, -0.2) is 0 Å². The highest BCUT2D eigenvalue weighted by molar-refractivity contribution is 6.06. The highest BCUT2D eigenvalue weighted by Crippen LogP contribution is 2.35. The molecule has 0 amide bonds. The van der Waals surface area contributed by atoms with Gasteiger partial charge in [-0.2, -0.15) is 0 Å². The molecule has 6 aromatic rings. The van der Waals surface area contributed by atoms with Gasteiger partial charge in [0.15, 0.2) is 0 Å². The quantitative estimate of drug-likeness (QED) is 0.304. The van der Waals surface area contributed by atoms with Gasteiger partial charge in [0.25, 0.3) is 0 Å². The first kappa shape index (κ1) is 18.5. The molecule has 0 spiro atoms. The summed E-state index contributed by atoms with van der Waals surface area (Å²) in [6.07, 6.45) is 0. The fourth-order valence-electron chi connectivity index (χ4n) is 4.49. The number of benzene rings is 6. The van der Waals surface area contributed by atoms with Gasteiger partial charge in [0, 0.05) is 44.3 Å². The first-order valence-electron chi connectivity index (χ1n) is 10.9. The van der Waals surface area contributed by atoms with Crippen molar-refractivity contribution in [2.24, 2.45) is 0 Å². The summed E-state index contributed by atoms with van der Waals surface area (Å²) < 4.78 is 0. The molecule has 0 aliphatic carbocycles. The van der Waals surface area contributed by atoms with Crippen LogP contribution in [0.4, 0.5) is 22.7 Å². The number of nitrogens with one attached hydrogen (secondary N) is 2. The first-order valence-corrected chi connectivity index (χ1v) is 10.9. The Morgan fingerprint density at radius 2 is 0.594 bits per heavy atom. The lowest BCUT2D eigenvalue weighted by atomic mass is 10.0. The second-order valence-electron chi connectivity index (χ2n) is 8.01. The number of fused-ring (bicyclic) bond motifs is 3. The molecule has 0 radical (unpaired) electrons. The average molecular weight is 411 g/mol. The molecule has 6 aromatic carbocycles. The van der Waals surface area contributed by atoms with Crippen LogP contribution in [-0.2, 0) is 0 Å². The van der Waals surface area contributed by atoms with Crippen LogP contribution in [0.2, 0.25) is 0 Å². The monoisotopic (exact) mass is 410 g/mol. The Kier molecular flexibility index (Phi) is 4.47. The number of anilines is 4. The van der Waals surface area contributed by atoms with Gasteiger partial charge in [-0.15, -0.1) is 0 Å². The van der Waals surface area contributed by atoms with Gasteiger partial charge in [0.1, 0.15) is 0 Å². The molecule has 0 aromatic heterocycles. The van der Waals surface area contributed by atoms with Crippen molar-refractivity contribution in [3.63, 3.8) is 0 Å². The van der Waals surface area contributed by atoms with Gasteiger partial charge >= 0.3 is 0 Å². The van der Waals surface area contributed by atoms with Gasteiger partial charge in [-0.05, 0) is 35.0 Å². The number of hydrogen-bond acceptors (Lipinski definition) is 2. The summed E-state index contributed by atoms with van der Waals surface area (Å²) >= 11 is 0. The van der Waals surface area contributed by atoms with E-state index >= 15 is 0 Å². The summed E-state index contributed by atoms with van der Waals surface area (Å²) in [4.78, 5) is 0. The first-order chi connectivity index (χ1) is 15.9. The molecule has 0 bridgehead atoms. The smallest absolute Gasteiger partial charge is 0.0464 e. The summed E-state index contributed by atoms with van der Waals surface area (Å²) in [5, 5.41) is 14.6. The van der Waals surface area contributed by atoms with Crippen LogP contribution in [0.3, 0.4) is 0 Å². The molecule has 0 unspecified atom stereocenters. The van der Waals surface area contributed by atoms with Crippen LogP contribution in [0.25, 0.3) is 32.3 Å². The third-order valence-corrected chi connectivity index (χ3v) is 6.04. The summed E-state index contributed by atoms with van der Waals surface area (Å²) in [6, 6.07) is 42.6. The van der Waals surface area contributed by atoms with Crippen molar-refractivity contribution in [2.75, 3.05) is 10.6 Å². The van der Waals surface area contributed by atoms with Gasteiger partial charge in [-0.1, -0.05) is 97.1 Å². The molecular weight excluding hydrogens is 388 g/mol. The summed E-state index contributed by atoms with van der Waals surface area (Å²) in [5.41, 5.74) is 4.42. The standard InChI is InChI=1S/C30H22N2/c1-3-13-23-21(9-1)11-5-17-27(23)31-29-19-7-16-26-25(29)15-8-20-30(26)32-28-18-6-12-22-10-2-4-14-24(22)28/h1-20,31-32H. The molecule has 0 saturated carbocycles. The van der Waals surface area contributed by atoms with Gasteiger partial charge < -0.3 is 10.6 Å². The van der Waals surface area contributed by atoms with E-state index < -0.39 is 0 Å². The predicted molar refractivity (Wildman–Crippen MR) is 138 cm³/mol. The van der Waals surface area contributed by atoms with E-state index in [0.717, 1.165) is 22.7 Å². The third kappa shape index (κ3) is 3.23. The van der Waals surface area contributed by atoms with Crippen molar-refractivity contribution in [3.05, 3.63) is 121 Å². The number of rotatable bonds is 4. The van der Waals surface area contributed by atoms with Crippen molar-refractivity contribution < 1.29 is 0 Å². The molecule has 152 valence electrons. The lowest BCUT2D eigenvalue weighted by Gasteiger charge is -2.16. The van der Waals surface area contributed by atoms with Crippen molar-refractivity contribution in [3.8, 4) is 0 Å². The summed E-state index contributed by atoms with van der Waals surface area (Å²) in [5.74, 6) is 0. The van der Waals surface area contributed by atoms with E-state index in [1.807, 2.05) is 0 Å². The van der Waals surface area contributed by atoms with Crippen molar-refractivity contribution >= 4 is 55.1 Å². The number of hydrogen-bond donors (Lipinski definition) is 2. The molecule has 0 fully saturated rings. The summed E-state index contributed by atoms with van der Waals surface area (Å²) in [6.45, 7) is 0. The Morgan fingerprint density at radius 1 is 0.281 bits per heavy atom. The maximum absolute atomic E-state index is 3.68. The molecule has 32 heavy (non-hydrogen) atoms. The SMILES string of the molecule is c1ccc2c(Nc3cccc4c(Nc5cccc6ccccc56)cccc34)cccc2c1. The van der Waals surface area contributed by atoms with E-state index in [9.17, 15) is 0 Å². The fourth-order valence-corrected chi connectivity index (χ4v) is 4.49. The average Bonchev–Trinajstić information content (AvgIpc) is 2.85. The van der Waals surface area contributed by atoms with Crippen LogP contribution in [0.1, 0.15) is 0 Å². The molecule has 2 heteroatoms. The van der Waals surface area contributed by atoms with E-state index in [1.165, 1.54) is 32.3 Å². The zero-order valence-electron chi connectivity index (χ0n) is 17.5. The fraction of sp³-hybridized carbons (Fsp3) is 0. The maximum atomic E-state index is 3.68. The van der Waals surface area contributed by atoms with E-state index in [4.69, 9.17) is 0 Å². The Balaban J connectivity index is 1.44. The van der Waals surface area contributed by atoms with Crippen LogP contribution >= 0.6 is 0 Å². The molecule has 0 saturated heterocycles. The molecule has 2 N–H and O–H groups in total. The molecule has 6 rings (SSSR count). The Labute approximate surface area is 187 Å². The van der Waals surface area contributed by atoms with E-state index in [2.05, 4.69) is 132 Å². The molecule has 2 nitrogen and oxygen atoms in total. The highest BCUT2D eigenvalue weighted by atomic mass is 14.9. The lowest BCUT2D eigenvalue weighted by molar-refractivity contribution is 1.58. The van der Waals surface area contributed by atoms with Crippen LogP contribution in [0, 0.1) is 0 Å². The van der Waals surface area contributed by atoms with Gasteiger partial charge in [0.05, 0.1) is 0 Å². The normalized spacial score (nSPS) is 11.1. The molecule has 0 heterocycles. The Hall–Kier alpha value is -4.30. The Morgan fingerprint density at radius 3 is 1.06 bits per heavy atom. The van der Waals surface area contributed by atoms with Crippen LogP contribution < -0.4 is 10.6 Å². The van der Waals surface area contributed by atoms with E-state index in [-0.39, 0.29) is 0 Å². The zero-order chi connectivity index (χ0) is 21.3. The minimum Gasteiger partial charge on any atom is -0.355 e. The predicted octanol–water partition coefficient (Wildman–Crippen LogP) is 8.63. The second kappa shape index (κ2) is 7.75. The van der Waals surface area contributed by atoms with Gasteiger partial charge in [-0.25, -0.2) is 0 Å². The molecular formula is C30H22N2. The topological polar surface area (TPSA) is 24.1 Å². The molecule has 0 aliphatic heterocycles. The minimum atomic E-state index is 1.10. The van der Waals surface area contributed by atoms with Crippen molar-refractivity contribution in [2.45, 2.75) is 0 Å². The largest absolute Gasteiger partial charge is 0.355 e. The zero-order valence-corrected chi connectivity index (χ0v) is 17.5. The van der Waals surface area contributed by atoms with Crippen molar-refractivity contribution in [1.82, 2.24) is 0 Å². The van der Waals surface area contributed by atoms with Crippen molar-refractivity contribution in [1.29, 1.82) is 0 Å². The Bertz CT molecular complexity index is 1450. The van der Waals surface area contributed by atoms with Crippen LogP contribution in [0.15, 0.2) is 121 Å². The molecule has 0 atom stereocenters. The molecule has 0 aliphatic rings. The van der Waals surface area contributed by atoms with E-state index in [1.54, 1.807) is 0 Å². The maximum Gasteiger partial charge on any atom is 0.0464 e. The minimum absolute atomic E-state index is 1.10.